The van der Waals surface area contributed by atoms with E-state index in [9.17, 15) is 4.79 Å². The Morgan fingerprint density at radius 2 is 2.24 bits per heavy atom. The Kier molecular flexibility index (Phi) is 5.23. The quantitative estimate of drug-likeness (QED) is 0.653. The largest absolute Gasteiger partial charge is 0.497 e. The monoisotopic (exact) mass is 302 g/mol. The molecule has 0 saturated carbocycles. The third-order valence-electron chi connectivity index (χ3n) is 2.64. The van der Waals surface area contributed by atoms with Gasteiger partial charge in [0.25, 0.3) is 5.91 Å². The molecule has 0 unspecified atom stereocenters. The van der Waals surface area contributed by atoms with E-state index in [-0.39, 0.29) is 5.57 Å². The molecule has 0 bridgehead atoms. The summed E-state index contributed by atoms with van der Waals surface area (Å²) in [5, 5.41) is 15.3. The number of carbonyl (C=O) groups excluding carboxylic acids is 1. The van der Waals surface area contributed by atoms with Crippen molar-refractivity contribution in [3.05, 3.63) is 36.0 Å². The molecule has 1 aromatic carbocycles. The van der Waals surface area contributed by atoms with Crippen molar-refractivity contribution in [2.45, 2.75) is 0 Å². The molecule has 1 amide bonds. The fourth-order valence-electron chi connectivity index (χ4n) is 1.58. The Morgan fingerprint density at radius 3 is 2.81 bits per heavy atom. The lowest BCUT2D eigenvalue weighted by Crippen LogP contribution is -2.18. The number of hydrogen-bond donors (Lipinski definition) is 2. The number of hydrogen-bond acceptors (Lipinski definition) is 6. The number of ether oxygens (including phenoxy) is 1. The summed E-state index contributed by atoms with van der Waals surface area (Å²) in [5.74, 6) is 1.14. The molecule has 1 aliphatic rings. The molecule has 1 aliphatic heterocycles. The number of thioether (sulfide) groups is 1. The van der Waals surface area contributed by atoms with Crippen molar-refractivity contribution in [3.63, 3.8) is 0 Å². The first-order valence-electron chi connectivity index (χ1n) is 6.22. The highest BCUT2D eigenvalue weighted by Crippen LogP contribution is 2.15. The van der Waals surface area contributed by atoms with Crippen LogP contribution in [0.1, 0.15) is 0 Å². The van der Waals surface area contributed by atoms with E-state index in [1.807, 2.05) is 6.07 Å². The minimum atomic E-state index is -0.473. The summed E-state index contributed by atoms with van der Waals surface area (Å²) in [6.07, 6.45) is 1.37. The van der Waals surface area contributed by atoms with Gasteiger partial charge in [-0.2, -0.15) is 5.26 Å². The summed E-state index contributed by atoms with van der Waals surface area (Å²) in [7, 11) is 1.57. The summed E-state index contributed by atoms with van der Waals surface area (Å²) in [4.78, 5) is 16.2. The van der Waals surface area contributed by atoms with Crippen LogP contribution in [0.5, 0.6) is 5.75 Å². The van der Waals surface area contributed by atoms with Gasteiger partial charge in [0.1, 0.15) is 17.4 Å². The second-order valence-electron chi connectivity index (χ2n) is 4.03. The molecule has 1 heterocycles. The molecule has 2 N–H and O–H groups in total. The average molecular weight is 302 g/mol. The Morgan fingerprint density at radius 1 is 1.48 bits per heavy atom. The molecule has 0 saturated heterocycles. The number of amidine groups is 1. The molecule has 2 rings (SSSR count). The minimum Gasteiger partial charge on any atom is -0.497 e. The number of rotatable bonds is 4. The molecular weight excluding hydrogens is 288 g/mol. The van der Waals surface area contributed by atoms with Gasteiger partial charge in [0, 0.05) is 17.6 Å². The van der Waals surface area contributed by atoms with E-state index in [4.69, 9.17) is 10.00 Å². The SMILES string of the molecule is COc1ccc(NC(=O)/C(C#N)=C\NC2=NCCS2)cc1. The number of nitriles is 1. The van der Waals surface area contributed by atoms with Crippen LogP contribution >= 0.6 is 11.8 Å². The number of benzene rings is 1. The molecule has 0 spiro atoms. The number of nitrogens with one attached hydrogen (secondary N) is 2. The second-order valence-corrected chi connectivity index (χ2v) is 5.12. The van der Waals surface area contributed by atoms with E-state index in [0.29, 0.717) is 11.4 Å². The predicted octanol–water partition coefficient (Wildman–Crippen LogP) is 1.73. The Hall–Kier alpha value is -2.46. The summed E-state index contributed by atoms with van der Waals surface area (Å²) < 4.78 is 5.04. The van der Waals surface area contributed by atoms with Crippen molar-refractivity contribution in [3.8, 4) is 11.8 Å². The molecule has 1 aromatic rings. The fraction of sp³-hybridized carbons (Fsp3) is 0.214. The van der Waals surface area contributed by atoms with Crippen LogP contribution < -0.4 is 15.4 Å². The topological polar surface area (TPSA) is 86.5 Å². The van der Waals surface area contributed by atoms with Gasteiger partial charge in [-0.1, -0.05) is 11.8 Å². The van der Waals surface area contributed by atoms with Crippen LogP contribution in [0.4, 0.5) is 5.69 Å². The molecule has 0 aliphatic carbocycles. The molecule has 21 heavy (non-hydrogen) atoms. The zero-order chi connectivity index (χ0) is 15.1. The first-order valence-corrected chi connectivity index (χ1v) is 7.21. The van der Waals surface area contributed by atoms with Gasteiger partial charge in [0.05, 0.1) is 13.7 Å². The Balaban J connectivity index is 1.98. The van der Waals surface area contributed by atoms with Crippen LogP contribution in [-0.4, -0.2) is 30.5 Å². The van der Waals surface area contributed by atoms with E-state index in [2.05, 4.69) is 15.6 Å². The van der Waals surface area contributed by atoms with Crippen molar-refractivity contribution in [1.29, 1.82) is 5.26 Å². The van der Waals surface area contributed by atoms with Crippen LogP contribution in [0.2, 0.25) is 0 Å². The van der Waals surface area contributed by atoms with Crippen molar-refractivity contribution < 1.29 is 9.53 Å². The standard InChI is InChI=1S/C14H14N4O2S/c1-20-12-4-2-11(3-5-12)18-13(19)10(8-15)9-17-14-16-6-7-21-14/h2-5,9H,6-7H2,1H3,(H,16,17)(H,18,19)/b10-9-. The summed E-state index contributed by atoms with van der Waals surface area (Å²) in [6, 6.07) is 8.73. The fourth-order valence-corrected chi connectivity index (χ4v) is 2.28. The molecule has 0 atom stereocenters. The highest BCUT2D eigenvalue weighted by molar-refractivity contribution is 8.14. The first-order chi connectivity index (χ1) is 10.2. The van der Waals surface area contributed by atoms with Gasteiger partial charge >= 0.3 is 0 Å². The zero-order valence-electron chi connectivity index (χ0n) is 11.4. The van der Waals surface area contributed by atoms with Crippen LogP contribution in [0.3, 0.4) is 0 Å². The molecule has 0 fully saturated rings. The Labute approximate surface area is 126 Å². The van der Waals surface area contributed by atoms with Gasteiger partial charge in [-0.15, -0.1) is 0 Å². The lowest BCUT2D eigenvalue weighted by Gasteiger charge is -2.06. The number of anilines is 1. The van der Waals surface area contributed by atoms with Gasteiger partial charge in [-0.3, -0.25) is 9.79 Å². The molecule has 0 radical (unpaired) electrons. The average Bonchev–Trinajstić information content (AvgIpc) is 3.02. The van der Waals surface area contributed by atoms with Gasteiger partial charge in [-0.25, -0.2) is 0 Å². The number of carbonyl (C=O) groups is 1. The van der Waals surface area contributed by atoms with Crippen molar-refractivity contribution >= 4 is 28.5 Å². The maximum absolute atomic E-state index is 12.0. The molecule has 7 heteroatoms. The lowest BCUT2D eigenvalue weighted by atomic mass is 10.2. The third kappa shape index (κ3) is 4.26. The zero-order valence-corrected chi connectivity index (χ0v) is 12.2. The van der Waals surface area contributed by atoms with Crippen LogP contribution in [0.15, 0.2) is 41.0 Å². The van der Waals surface area contributed by atoms with Crippen molar-refractivity contribution in [2.24, 2.45) is 4.99 Å². The normalized spacial score (nSPS) is 14.1. The summed E-state index contributed by atoms with van der Waals surface area (Å²) in [6.45, 7) is 0.751. The van der Waals surface area contributed by atoms with E-state index in [1.54, 1.807) is 43.1 Å². The maximum Gasteiger partial charge on any atom is 0.267 e. The van der Waals surface area contributed by atoms with E-state index in [1.165, 1.54) is 6.20 Å². The summed E-state index contributed by atoms with van der Waals surface area (Å²) >= 11 is 1.55. The molecule has 6 nitrogen and oxygen atoms in total. The Bertz CT molecular complexity index is 617. The van der Waals surface area contributed by atoms with Crippen LogP contribution in [0.25, 0.3) is 0 Å². The molecular formula is C14H14N4O2S. The van der Waals surface area contributed by atoms with Gasteiger partial charge in [0.15, 0.2) is 5.17 Å². The lowest BCUT2D eigenvalue weighted by molar-refractivity contribution is -0.112. The van der Waals surface area contributed by atoms with Gasteiger partial charge in [-0.05, 0) is 24.3 Å². The predicted molar refractivity (Wildman–Crippen MR) is 83.2 cm³/mol. The smallest absolute Gasteiger partial charge is 0.267 e. The highest BCUT2D eigenvalue weighted by atomic mass is 32.2. The van der Waals surface area contributed by atoms with Gasteiger partial charge < -0.3 is 15.4 Å². The number of amides is 1. The minimum absolute atomic E-state index is 0.0129. The molecule has 108 valence electrons. The van der Waals surface area contributed by atoms with E-state index in [0.717, 1.165) is 17.5 Å². The van der Waals surface area contributed by atoms with E-state index < -0.39 is 5.91 Å². The highest BCUT2D eigenvalue weighted by Gasteiger charge is 2.11. The van der Waals surface area contributed by atoms with Crippen molar-refractivity contribution in [2.75, 3.05) is 24.7 Å². The van der Waals surface area contributed by atoms with Crippen LogP contribution in [-0.2, 0) is 4.79 Å². The van der Waals surface area contributed by atoms with Gasteiger partial charge in [0.2, 0.25) is 0 Å². The molecule has 0 aromatic heterocycles. The number of nitrogens with zero attached hydrogens (tertiary/aromatic N) is 2. The second kappa shape index (κ2) is 7.36. The third-order valence-corrected chi connectivity index (χ3v) is 3.55. The first kappa shape index (κ1) is 14.9. The maximum atomic E-state index is 12.0. The van der Waals surface area contributed by atoms with Crippen LogP contribution in [0, 0.1) is 11.3 Å². The number of methoxy groups -OCH3 is 1. The van der Waals surface area contributed by atoms with Crippen molar-refractivity contribution in [1.82, 2.24) is 5.32 Å². The number of aliphatic imine (C=N–C) groups is 1. The summed E-state index contributed by atoms with van der Waals surface area (Å²) in [5.41, 5.74) is 0.579. The van der Waals surface area contributed by atoms with E-state index >= 15 is 0 Å².